The highest BCUT2D eigenvalue weighted by atomic mass is 16.6. The van der Waals surface area contributed by atoms with Crippen LogP contribution in [0.15, 0.2) is 60.7 Å². The van der Waals surface area contributed by atoms with E-state index in [1.807, 2.05) is 64.1 Å². The van der Waals surface area contributed by atoms with E-state index < -0.39 is 5.60 Å². The minimum atomic E-state index is -0.959. The number of hydrogen-bond acceptors (Lipinski definition) is 4. The molecule has 5 heteroatoms. The van der Waals surface area contributed by atoms with Gasteiger partial charge in [0.15, 0.2) is 5.60 Å². The van der Waals surface area contributed by atoms with E-state index in [4.69, 9.17) is 14.2 Å². The number of ether oxygens (including phenoxy) is 3. The molecule has 0 saturated carbocycles. The van der Waals surface area contributed by atoms with E-state index in [-0.39, 0.29) is 12.1 Å². The lowest BCUT2D eigenvalue weighted by atomic mass is 10.0. The highest BCUT2D eigenvalue weighted by Gasteiger charge is 2.35. The molecule has 2 unspecified atom stereocenters. The fraction of sp³-hybridized carbons (Fsp3) is 0.519. The quantitative estimate of drug-likeness (QED) is 0.306. The van der Waals surface area contributed by atoms with Crippen molar-refractivity contribution in [1.82, 2.24) is 0 Å². The Labute approximate surface area is 193 Å². The number of nitrogens with zero attached hydrogens (tertiary/aromatic N) is 1. The lowest BCUT2D eigenvalue weighted by Gasteiger charge is -2.35. The molecule has 2 aromatic rings. The first-order chi connectivity index (χ1) is 15.3. The predicted octanol–water partition coefficient (Wildman–Crippen LogP) is 4.99. The van der Waals surface area contributed by atoms with Gasteiger partial charge >= 0.3 is 5.97 Å². The monoisotopic (exact) mass is 442 g/mol. The van der Waals surface area contributed by atoms with Crippen molar-refractivity contribution < 1.29 is 23.5 Å². The van der Waals surface area contributed by atoms with Crippen LogP contribution in [0.3, 0.4) is 0 Å². The molecule has 0 aliphatic rings. The summed E-state index contributed by atoms with van der Waals surface area (Å²) < 4.78 is 18.3. The molecule has 0 aliphatic heterocycles. The summed E-state index contributed by atoms with van der Waals surface area (Å²) in [4.78, 5) is 12.9. The minimum absolute atomic E-state index is 0.199. The van der Waals surface area contributed by atoms with Crippen LogP contribution in [0.5, 0.6) is 0 Å². The van der Waals surface area contributed by atoms with Crippen molar-refractivity contribution in [2.75, 3.05) is 33.4 Å². The predicted molar refractivity (Wildman–Crippen MR) is 128 cm³/mol. The number of quaternary nitrogens is 1. The standard InChI is InChI=1S/C27H40NO4/c1-6-27(4,32-22-25-15-11-8-12-16-25)26(29)31-20-18-28(5,17-19-30-23(2)3)21-24-13-9-7-10-14-24/h7-16,23H,6,17-22H2,1-5H3/q+1. The third kappa shape index (κ3) is 8.73. The lowest BCUT2D eigenvalue weighted by Crippen LogP contribution is -2.49. The van der Waals surface area contributed by atoms with Gasteiger partial charge < -0.3 is 18.7 Å². The first-order valence-electron chi connectivity index (χ1n) is 11.6. The van der Waals surface area contributed by atoms with E-state index in [1.54, 1.807) is 0 Å². The van der Waals surface area contributed by atoms with Gasteiger partial charge in [0.25, 0.3) is 0 Å². The molecule has 176 valence electrons. The van der Waals surface area contributed by atoms with Crippen LogP contribution in [0.2, 0.25) is 0 Å². The molecule has 0 spiro atoms. The van der Waals surface area contributed by atoms with Gasteiger partial charge in [0, 0.05) is 5.56 Å². The number of likely N-dealkylation sites (N-methyl/N-ethyl adjacent to an activating group) is 1. The van der Waals surface area contributed by atoms with Gasteiger partial charge in [-0.3, -0.25) is 0 Å². The summed E-state index contributed by atoms with van der Waals surface area (Å²) in [6.07, 6.45) is 0.752. The van der Waals surface area contributed by atoms with Crippen molar-refractivity contribution in [3.8, 4) is 0 Å². The van der Waals surface area contributed by atoms with Gasteiger partial charge in [0.05, 0.1) is 26.4 Å². The number of carbonyl (C=O) groups is 1. The molecule has 0 amide bonds. The van der Waals surface area contributed by atoms with Crippen LogP contribution in [0.4, 0.5) is 0 Å². The largest absolute Gasteiger partial charge is 0.458 e. The van der Waals surface area contributed by atoms with E-state index in [2.05, 4.69) is 31.3 Å². The molecule has 0 bridgehead atoms. The van der Waals surface area contributed by atoms with Crippen LogP contribution in [0.1, 0.15) is 45.2 Å². The SMILES string of the molecule is CCC(C)(OCc1ccccc1)C(=O)OCC[N+](C)(CCOC(C)C)Cc1ccccc1. The summed E-state index contributed by atoms with van der Waals surface area (Å²) in [6, 6.07) is 20.3. The maximum Gasteiger partial charge on any atom is 0.338 e. The number of rotatable bonds is 14. The first-order valence-corrected chi connectivity index (χ1v) is 11.6. The van der Waals surface area contributed by atoms with Crippen LogP contribution in [0.25, 0.3) is 0 Å². The van der Waals surface area contributed by atoms with E-state index in [9.17, 15) is 4.79 Å². The van der Waals surface area contributed by atoms with Crippen LogP contribution in [0, 0.1) is 0 Å². The Kier molecular flexibility index (Phi) is 10.4. The fourth-order valence-corrected chi connectivity index (χ4v) is 3.44. The van der Waals surface area contributed by atoms with Crippen molar-refractivity contribution in [1.29, 1.82) is 0 Å². The Morgan fingerprint density at radius 2 is 1.50 bits per heavy atom. The van der Waals surface area contributed by atoms with Gasteiger partial charge in [0.2, 0.25) is 0 Å². The molecule has 2 rings (SSSR count). The summed E-state index contributed by atoms with van der Waals surface area (Å²) in [6.45, 7) is 11.7. The summed E-state index contributed by atoms with van der Waals surface area (Å²) in [5.41, 5.74) is 1.34. The molecule has 0 N–H and O–H groups in total. The van der Waals surface area contributed by atoms with E-state index in [0.29, 0.717) is 32.8 Å². The smallest absolute Gasteiger partial charge is 0.338 e. The summed E-state index contributed by atoms with van der Waals surface area (Å²) in [7, 11) is 2.19. The van der Waals surface area contributed by atoms with Gasteiger partial charge in [-0.05, 0) is 32.8 Å². The zero-order chi connectivity index (χ0) is 23.5. The first kappa shape index (κ1) is 26.0. The maximum absolute atomic E-state index is 12.9. The molecule has 0 aliphatic carbocycles. The van der Waals surface area contributed by atoms with Crippen LogP contribution < -0.4 is 0 Å². The Bertz CT molecular complexity index is 796. The molecular formula is C27H40NO4+. The summed E-state index contributed by atoms with van der Waals surface area (Å²) >= 11 is 0. The third-order valence-corrected chi connectivity index (χ3v) is 5.86. The van der Waals surface area contributed by atoms with Crippen LogP contribution in [-0.2, 0) is 32.2 Å². The molecule has 0 heterocycles. The zero-order valence-electron chi connectivity index (χ0n) is 20.4. The van der Waals surface area contributed by atoms with Crippen molar-refractivity contribution >= 4 is 5.97 Å². The van der Waals surface area contributed by atoms with E-state index in [1.165, 1.54) is 5.56 Å². The molecule has 32 heavy (non-hydrogen) atoms. The van der Waals surface area contributed by atoms with Crippen LogP contribution >= 0.6 is 0 Å². The average molecular weight is 443 g/mol. The zero-order valence-corrected chi connectivity index (χ0v) is 20.4. The third-order valence-electron chi connectivity index (χ3n) is 5.86. The molecule has 0 fully saturated rings. The van der Waals surface area contributed by atoms with Crippen molar-refractivity contribution in [2.45, 2.75) is 59.0 Å². The second-order valence-corrected chi connectivity index (χ2v) is 9.12. The van der Waals surface area contributed by atoms with Gasteiger partial charge in [-0.2, -0.15) is 0 Å². The number of esters is 1. The minimum Gasteiger partial charge on any atom is -0.458 e. The van der Waals surface area contributed by atoms with Crippen molar-refractivity contribution in [2.24, 2.45) is 0 Å². The van der Waals surface area contributed by atoms with Gasteiger partial charge in [-0.1, -0.05) is 67.6 Å². The molecular weight excluding hydrogens is 402 g/mol. The van der Waals surface area contributed by atoms with Crippen molar-refractivity contribution in [3.63, 3.8) is 0 Å². The van der Waals surface area contributed by atoms with Crippen molar-refractivity contribution in [3.05, 3.63) is 71.8 Å². The Balaban J connectivity index is 1.93. The molecule has 0 aromatic heterocycles. The Hall–Kier alpha value is -2.21. The van der Waals surface area contributed by atoms with Gasteiger partial charge in [0.1, 0.15) is 26.2 Å². The van der Waals surface area contributed by atoms with Gasteiger partial charge in [-0.25, -0.2) is 4.79 Å². The highest BCUT2D eigenvalue weighted by molar-refractivity contribution is 5.79. The number of hydrogen-bond donors (Lipinski definition) is 0. The van der Waals surface area contributed by atoms with E-state index >= 15 is 0 Å². The molecule has 2 atom stereocenters. The highest BCUT2D eigenvalue weighted by Crippen LogP contribution is 2.20. The average Bonchev–Trinajstić information content (AvgIpc) is 2.78. The van der Waals surface area contributed by atoms with Gasteiger partial charge in [-0.15, -0.1) is 0 Å². The fourth-order valence-electron chi connectivity index (χ4n) is 3.44. The Morgan fingerprint density at radius 3 is 2.06 bits per heavy atom. The molecule has 0 radical (unpaired) electrons. The second-order valence-electron chi connectivity index (χ2n) is 9.12. The topological polar surface area (TPSA) is 44.8 Å². The lowest BCUT2D eigenvalue weighted by molar-refractivity contribution is -0.923. The molecule has 0 saturated heterocycles. The molecule has 5 nitrogen and oxygen atoms in total. The van der Waals surface area contributed by atoms with E-state index in [0.717, 1.165) is 23.1 Å². The maximum atomic E-state index is 12.9. The Morgan fingerprint density at radius 1 is 0.938 bits per heavy atom. The molecule has 2 aromatic carbocycles. The number of carbonyl (C=O) groups excluding carboxylic acids is 1. The number of benzene rings is 2. The summed E-state index contributed by atoms with van der Waals surface area (Å²) in [5, 5.41) is 0. The second kappa shape index (κ2) is 12.7. The van der Waals surface area contributed by atoms with Crippen LogP contribution in [-0.4, -0.2) is 55.5 Å². The summed E-state index contributed by atoms with van der Waals surface area (Å²) in [5.74, 6) is -0.305. The normalized spacial score (nSPS) is 15.2.